The number of para-hydroxylation sites is 1. The lowest BCUT2D eigenvalue weighted by Crippen LogP contribution is -2.23. The lowest BCUT2D eigenvalue weighted by atomic mass is 10.1. The van der Waals surface area contributed by atoms with E-state index in [4.69, 9.17) is 4.42 Å². The van der Waals surface area contributed by atoms with Gasteiger partial charge < -0.3 is 15.1 Å². The molecule has 1 aromatic heterocycles. The molecule has 26 heavy (non-hydrogen) atoms. The highest BCUT2D eigenvalue weighted by Crippen LogP contribution is 2.24. The van der Waals surface area contributed by atoms with Crippen LogP contribution in [0.25, 0.3) is 11.0 Å². The number of amides is 2. The third-order valence-electron chi connectivity index (χ3n) is 4.25. The molecule has 0 saturated heterocycles. The average molecular weight is 350 g/mol. The molecule has 2 aromatic carbocycles. The van der Waals surface area contributed by atoms with E-state index in [-0.39, 0.29) is 17.7 Å². The van der Waals surface area contributed by atoms with Crippen LogP contribution in [0.2, 0.25) is 0 Å². The Bertz CT molecular complexity index is 940. The van der Waals surface area contributed by atoms with Crippen molar-refractivity contribution in [3.63, 3.8) is 0 Å². The number of carbonyl (C=O) groups excluding carboxylic acids is 2. The Morgan fingerprint density at radius 3 is 2.38 bits per heavy atom. The number of rotatable bonds is 5. The Kier molecular flexibility index (Phi) is 5.07. The molecule has 3 aromatic rings. The second-order valence-electron chi connectivity index (χ2n) is 6.58. The number of furan rings is 1. The van der Waals surface area contributed by atoms with Crippen molar-refractivity contribution in [1.82, 2.24) is 5.32 Å². The molecule has 0 aliphatic rings. The highest BCUT2D eigenvalue weighted by molar-refractivity contribution is 5.98. The van der Waals surface area contributed by atoms with Gasteiger partial charge in [-0.1, -0.05) is 44.2 Å². The van der Waals surface area contributed by atoms with E-state index in [1.54, 1.807) is 0 Å². The van der Waals surface area contributed by atoms with E-state index < -0.39 is 0 Å². The maximum Gasteiger partial charge on any atom is 0.287 e. The van der Waals surface area contributed by atoms with Gasteiger partial charge >= 0.3 is 0 Å². The number of aryl methyl sites for hydroxylation is 1. The van der Waals surface area contributed by atoms with Crippen LogP contribution in [0.3, 0.4) is 0 Å². The summed E-state index contributed by atoms with van der Waals surface area (Å²) in [5.74, 6) is 0.00957. The van der Waals surface area contributed by atoms with Crippen molar-refractivity contribution in [2.75, 3.05) is 5.32 Å². The minimum atomic E-state index is -0.240. The van der Waals surface area contributed by atoms with Gasteiger partial charge in [-0.2, -0.15) is 0 Å². The predicted molar refractivity (Wildman–Crippen MR) is 102 cm³/mol. The number of fused-ring (bicyclic) bond motifs is 1. The molecule has 0 spiro atoms. The molecular formula is C21H22N2O3. The highest BCUT2D eigenvalue weighted by Gasteiger charge is 2.17. The quantitative estimate of drug-likeness (QED) is 0.722. The normalized spacial score (nSPS) is 10.9. The minimum Gasteiger partial charge on any atom is -0.451 e. The summed E-state index contributed by atoms with van der Waals surface area (Å²) >= 11 is 0. The van der Waals surface area contributed by atoms with Crippen molar-refractivity contribution in [3.8, 4) is 0 Å². The molecule has 2 N–H and O–H groups in total. The molecule has 0 unspecified atom stereocenters. The number of hydrogen-bond acceptors (Lipinski definition) is 3. The maximum atomic E-state index is 12.4. The van der Waals surface area contributed by atoms with Crippen molar-refractivity contribution in [2.24, 2.45) is 5.92 Å². The Hall–Kier alpha value is -3.08. The van der Waals surface area contributed by atoms with Gasteiger partial charge in [0.2, 0.25) is 5.91 Å². The van der Waals surface area contributed by atoms with E-state index in [0.717, 1.165) is 22.2 Å². The van der Waals surface area contributed by atoms with E-state index in [1.807, 2.05) is 69.3 Å². The van der Waals surface area contributed by atoms with E-state index >= 15 is 0 Å². The van der Waals surface area contributed by atoms with Crippen molar-refractivity contribution >= 4 is 28.5 Å². The molecule has 5 nitrogen and oxygen atoms in total. The fourth-order valence-corrected chi connectivity index (χ4v) is 2.65. The van der Waals surface area contributed by atoms with Crippen molar-refractivity contribution in [1.29, 1.82) is 0 Å². The number of hydrogen-bond donors (Lipinski definition) is 2. The fourth-order valence-electron chi connectivity index (χ4n) is 2.65. The van der Waals surface area contributed by atoms with Crippen LogP contribution in [0, 0.1) is 12.8 Å². The summed E-state index contributed by atoms with van der Waals surface area (Å²) in [5.41, 5.74) is 3.23. The molecule has 5 heteroatoms. The summed E-state index contributed by atoms with van der Waals surface area (Å²) in [7, 11) is 0. The molecule has 0 fully saturated rings. The maximum absolute atomic E-state index is 12.4. The Balaban J connectivity index is 1.64. The zero-order chi connectivity index (χ0) is 18.7. The molecule has 0 saturated carbocycles. The monoisotopic (exact) mass is 350 g/mol. The number of carbonyl (C=O) groups is 2. The van der Waals surface area contributed by atoms with Crippen LogP contribution in [-0.4, -0.2) is 11.8 Å². The summed E-state index contributed by atoms with van der Waals surface area (Å²) < 4.78 is 5.67. The van der Waals surface area contributed by atoms with E-state index in [1.165, 1.54) is 0 Å². The molecule has 0 aliphatic carbocycles. The van der Waals surface area contributed by atoms with Crippen molar-refractivity contribution in [2.45, 2.75) is 27.3 Å². The van der Waals surface area contributed by atoms with Gasteiger partial charge in [0.05, 0.1) is 0 Å². The molecule has 3 rings (SSSR count). The number of benzene rings is 2. The first kappa shape index (κ1) is 17.7. The summed E-state index contributed by atoms with van der Waals surface area (Å²) in [6, 6.07) is 15.0. The third-order valence-corrected chi connectivity index (χ3v) is 4.25. The van der Waals surface area contributed by atoms with Crippen LogP contribution in [-0.2, 0) is 11.3 Å². The zero-order valence-corrected chi connectivity index (χ0v) is 15.1. The number of nitrogens with one attached hydrogen (secondary N) is 2. The van der Waals surface area contributed by atoms with Crippen LogP contribution in [0.5, 0.6) is 0 Å². The first-order chi connectivity index (χ1) is 12.5. The standard InChI is InChI=1S/C21H22N2O3/c1-13(2)20(24)23-16-10-8-15(9-11-16)12-22-21(25)19-14(3)17-6-4-5-7-18(17)26-19/h4-11,13H,12H2,1-3H3,(H,22,25)(H,23,24). The Labute approximate surface area is 152 Å². The van der Waals surface area contributed by atoms with Gasteiger partial charge in [0.15, 0.2) is 5.76 Å². The molecule has 0 aliphatic heterocycles. The molecule has 0 radical (unpaired) electrons. The zero-order valence-electron chi connectivity index (χ0n) is 15.1. The topological polar surface area (TPSA) is 71.3 Å². The van der Waals surface area contributed by atoms with Crippen molar-refractivity contribution in [3.05, 3.63) is 65.4 Å². The summed E-state index contributed by atoms with van der Waals surface area (Å²) in [6.07, 6.45) is 0. The third kappa shape index (κ3) is 3.77. The molecule has 1 heterocycles. The summed E-state index contributed by atoms with van der Waals surface area (Å²) in [6.45, 7) is 5.96. The first-order valence-electron chi connectivity index (χ1n) is 8.62. The molecule has 0 bridgehead atoms. The summed E-state index contributed by atoms with van der Waals surface area (Å²) in [4.78, 5) is 24.1. The summed E-state index contributed by atoms with van der Waals surface area (Å²) in [5, 5.41) is 6.66. The Morgan fingerprint density at radius 2 is 1.73 bits per heavy atom. The van der Waals surface area contributed by atoms with Crippen LogP contribution < -0.4 is 10.6 Å². The predicted octanol–water partition coefficient (Wildman–Crippen LogP) is 4.27. The SMILES string of the molecule is Cc1c(C(=O)NCc2ccc(NC(=O)C(C)C)cc2)oc2ccccc12. The van der Waals surface area contributed by atoms with Gasteiger partial charge in [-0.25, -0.2) is 0 Å². The second-order valence-corrected chi connectivity index (χ2v) is 6.58. The average Bonchev–Trinajstić information content (AvgIpc) is 2.98. The Morgan fingerprint density at radius 1 is 1.04 bits per heavy atom. The molecular weight excluding hydrogens is 328 g/mol. The van der Waals surface area contributed by atoms with Crippen molar-refractivity contribution < 1.29 is 14.0 Å². The van der Waals surface area contributed by atoms with Gasteiger partial charge in [-0.15, -0.1) is 0 Å². The lowest BCUT2D eigenvalue weighted by Gasteiger charge is -2.09. The first-order valence-corrected chi connectivity index (χ1v) is 8.62. The van der Waals surface area contributed by atoms with Gasteiger partial charge in [-0.05, 0) is 30.7 Å². The minimum absolute atomic E-state index is 0.0218. The van der Waals surface area contributed by atoms with Gasteiger partial charge in [0.1, 0.15) is 5.58 Å². The van der Waals surface area contributed by atoms with E-state index in [0.29, 0.717) is 17.9 Å². The largest absolute Gasteiger partial charge is 0.451 e. The molecule has 2 amide bonds. The second kappa shape index (κ2) is 7.44. The van der Waals surface area contributed by atoms with Gasteiger partial charge in [0.25, 0.3) is 5.91 Å². The smallest absolute Gasteiger partial charge is 0.287 e. The fraction of sp³-hybridized carbons (Fsp3) is 0.238. The van der Waals surface area contributed by atoms with E-state index in [2.05, 4.69) is 10.6 Å². The van der Waals surface area contributed by atoms with Gasteiger partial charge in [-0.3, -0.25) is 9.59 Å². The number of anilines is 1. The van der Waals surface area contributed by atoms with Crippen LogP contribution in [0.15, 0.2) is 52.9 Å². The van der Waals surface area contributed by atoms with Crippen LogP contribution in [0.4, 0.5) is 5.69 Å². The molecule has 0 atom stereocenters. The highest BCUT2D eigenvalue weighted by atomic mass is 16.3. The van der Waals surface area contributed by atoms with Crippen LogP contribution >= 0.6 is 0 Å². The van der Waals surface area contributed by atoms with E-state index in [9.17, 15) is 9.59 Å². The lowest BCUT2D eigenvalue weighted by molar-refractivity contribution is -0.118. The van der Waals surface area contributed by atoms with Gasteiger partial charge in [0, 0.05) is 29.1 Å². The van der Waals surface area contributed by atoms with Crippen LogP contribution in [0.1, 0.15) is 35.5 Å². The molecule has 134 valence electrons.